The molecule has 1 fully saturated rings. The molecule has 134 valence electrons. The fraction of sp³-hybridized carbons (Fsp3) is 0.263. The van der Waals surface area contributed by atoms with Crippen LogP contribution < -0.4 is 16.2 Å². The van der Waals surface area contributed by atoms with Gasteiger partial charge in [-0.25, -0.2) is 10.9 Å². The Hall–Kier alpha value is -2.41. The van der Waals surface area contributed by atoms with Crippen LogP contribution in [0.15, 0.2) is 48.9 Å². The van der Waals surface area contributed by atoms with Gasteiger partial charge in [0.05, 0.1) is 0 Å². The van der Waals surface area contributed by atoms with Gasteiger partial charge in [0.15, 0.2) is 0 Å². The zero-order valence-corrected chi connectivity index (χ0v) is 14.9. The fourth-order valence-electron chi connectivity index (χ4n) is 3.33. The minimum absolute atomic E-state index is 0.00163. The molecule has 4 N–H and O–H groups in total. The number of carbonyl (C=O) groups is 1. The molecule has 7 heteroatoms. The molecule has 1 aliphatic rings. The highest BCUT2D eigenvalue weighted by Gasteiger charge is 2.29. The number of nitrogens with one attached hydrogen (secondary N) is 4. The summed E-state index contributed by atoms with van der Waals surface area (Å²) in [5.74, 6) is 0.00163. The van der Waals surface area contributed by atoms with E-state index in [1.54, 1.807) is 6.20 Å². The number of pyridine rings is 1. The Bertz CT molecular complexity index is 911. The molecule has 2 atom stereocenters. The number of rotatable bonds is 5. The highest BCUT2D eigenvalue weighted by molar-refractivity contribution is 6.31. The molecule has 4 rings (SSSR count). The van der Waals surface area contributed by atoms with E-state index in [9.17, 15) is 4.79 Å². The summed E-state index contributed by atoms with van der Waals surface area (Å²) in [6, 6.07) is 9.53. The second-order valence-corrected chi connectivity index (χ2v) is 6.90. The molecule has 3 heterocycles. The van der Waals surface area contributed by atoms with E-state index >= 15 is 0 Å². The number of benzene rings is 1. The molecular weight excluding hydrogens is 350 g/mol. The Kier molecular flexibility index (Phi) is 4.88. The maximum absolute atomic E-state index is 12.4. The predicted octanol–water partition coefficient (Wildman–Crippen LogP) is 2.48. The van der Waals surface area contributed by atoms with E-state index in [-0.39, 0.29) is 18.0 Å². The average molecular weight is 370 g/mol. The molecule has 26 heavy (non-hydrogen) atoms. The van der Waals surface area contributed by atoms with Gasteiger partial charge < -0.3 is 10.3 Å². The van der Waals surface area contributed by atoms with Gasteiger partial charge in [0.1, 0.15) is 6.04 Å². The Labute approximate surface area is 156 Å². The Morgan fingerprint density at radius 3 is 3.08 bits per heavy atom. The number of halogens is 1. The molecular formula is C19H20ClN5O. The topological polar surface area (TPSA) is 81.8 Å². The SMILES string of the molecule is O=C(NCCc1c[nH]c2ccc(Cl)cc12)C1CC(c2cccnc2)NN1. The van der Waals surface area contributed by atoms with Crippen LogP contribution in [0.25, 0.3) is 10.9 Å². The summed E-state index contributed by atoms with van der Waals surface area (Å²) in [5.41, 5.74) is 9.51. The number of amides is 1. The highest BCUT2D eigenvalue weighted by atomic mass is 35.5. The van der Waals surface area contributed by atoms with E-state index in [0.717, 1.165) is 28.5 Å². The van der Waals surface area contributed by atoms with E-state index in [1.165, 1.54) is 0 Å². The van der Waals surface area contributed by atoms with Gasteiger partial charge in [-0.05, 0) is 48.2 Å². The third kappa shape index (κ3) is 3.58. The maximum atomic E-state index is 12.4. The van der Waals surface area contributed by atoms with Crippen LogP contribution >= 0.6 is 11.6 Å². The van der Waals surface area contributed by atoms with Crippen molar-refractivity contribution in [2.45, 2.75) is 24.9 Å². The van der Waals surface area contributed by atoms with Crippen LogP contribution in [-0.2, 0) is 11.2 Å². The molecule has 0 spiro atoms. The van der Waals surface area contributed by atoms with E-state index in [0.29, 0.717) is 18.0 Å². The zero-order valence-electron chi connectivity index (χ0n) is 14.1. The summed E-state index contributed by atoms with van der Waals surface area (Å²) in [6.45, 7) is 0.577. The summed E-state index contributed by atoms with van der Waals surface area (Å²) < 4.78 is 0. The lowest BCUT2D eigenvalue weighted by Crippen LogP contribution is -2.43. The first-order valence-corrected chi connectivity index (χ1v) is 9.03. The molecule has 1 aliphatic heterocycles. The molecule has 0 aliphatic carbocycles. The van der Waals surface area contributed by atoms with E-state index < -0.39 is 0 Å². The summed E-state index contributed by atoms with van der Waals surface area (Å²) in [7, 11) is 0. The minimum atomic E-state index is -0.252. The van der Waals surface area contributed by atoms with Gasteiger partial charge in [-0.2, -0.15) is 0 Å². The molecule has 0 radical (unpaired) electrons. The van der Waals surface area contributed by atoms with Crippen molar-refractivity contribution in [1.82, 2.24) is 26.1 Å². The summed E-state index contributed by atoms with van der Waals surface area (Å²) >= 11 is 6.08. The van der Waals surface area contributed by atoms with Gasteiger partial charge >= 0.3 is 0 Å². The molecule has 2 aromatic heterocycles. The van der Waals surface area contributed by atoms with E-state index in [2.05, 4.69) is 26.1 Å². The number of hydrogen-bond acceptors (Lipinski definition) is 4. The Morgan fingerprint density at radius 1 is 1.31 bits per heavy atom. The van der Waals surface area contributed by atoms with Gasteiger partial charge in [-0.3, -0.25) is 9.78 Å². The summed E-state index contributed by atoms with van der Waals surface area (Å²) in [5, 5.41) is 4.82. The lowest BCUT2D eigenvalue weighted by molar-refractivity contribution is -0.122. The van der Waals surface area contributed by atoms with Crippen molar-refractivity contribution in [3.63, 3.8) is 0 Å². The van der Waals surface area contributed by atoms with E-state index in [4.69, 9.17) is 11.6 Å². The first kappa shape index (κ1) is 17.0. The van der Waals surface area contributed by atoms with Crippen LogP contribution in [0.4, 0.5) is 0 Å². The summed E-state index contributed by atoms with van der Waals surface area (Å²) in [6.07, 6.45) is 6.98. The number of nitrogens with zero attached hydrogens (tertiary/aromatic N) is 1. The van der Waals surface area contributed by atoms with Crippen molar-refractivity contribution in [2.24, 2.45) is 0 Å². The van der Waals surface area contributed by atoms with Crippen LogP contribution in [-0.4, -0.2) is 28.5 Å². The van der Waals surface area contributed by atoms with Crippen LogP contribution in [0.5, 0.6) is 0 Å². The van der Waals surface area contributed by atoms with Gasteiger partial charge in [0.2, 0.25) is 5.91 Å². The van der Waals surface area contributed by atoms with Crippen molar-refractivity contribution in [2.75, 3.05) is 6.54 Å². The normalized spacial score (nSPS) is 19.7. The quantitative estimate of drug-likeness (QED) is 0.557. The summed E-state index contributed by atoms with van der Waals surface area (Å²) in [4.78, 5) is 19.8. The van der Waals surface area contributed by atoms with Crippen molar-refractivity contribution in [3.8, 4) is 0 Å². The third-order valence-corrected chi connectivity index (χ3v) is 4.96. The Morgan fingerprint density at radius 2 is 2.23 bits per heavy atom. The van der Waals surface area contributed by atoms with Gasteiger partial charge in [-0.15, -0.1) is 0 Å². The number of carbonyl (C=O) groups excluding carboxylic acids is 1. The van der Waals surface area contributed by atoms with Crippen molar-refractivity contribution in [3.05, 3.63) is 65.1 Å². The van der Waals surface area contributed by atoms with Crippen molar-refractivity contribution >= 4 is 28.4 Å². The monoisotopic (exact) mass is 369 g/mol. The number of H-pyrrole nitrogens is 1. The number of aromatic amines is 1. The molecule has 0 bridgehead atoms. The second kappa shape index (κ2) is 7.45. The molecule has 6 nitrogen and oxygen atoms in total. The Balaban J connectivity index is 1.31. The van der Waals surface area contributed by atoms with Crippen LogP contribution in [0, 0.1) is 0 Å². The van der Waals surface area contributed by atoms with Crippen LogP contribution in [0.3, 0.4) is 0 Å². The largest absolute Gasteiger partial charge is 0.361 e. The van der Waals surface area contributed by atoms with E-state index in [1.807, 2.05) is 42.7 Å². The lowest BCUT2D eigenvalue weighted by atomic mass is 10.0. The van der Waals surface area contributed by atoms with Crippen LogP contribution in [0.2, 0.25) is 5.02 Å². The first-order valence-electron chi connectivity index (χ1n) is 8.65. The van der Waals surface area contributed by atoms with Crippen LogP contribution in [0.1, 0.15) is 23.6 Å². The second-order valence-electron chi connectivity index (χ2n) is 6.46. The predicted molar refractivity (Wildman–Crippen MR) is 102 cm³/mol. The van der Waals surface area contributed by atoms with Gasteiger partial charge in [0.25, 0.3) is 0 Å². The van der Waals surface area contributed by atoms with Crippen molar-refractivity contribution in [1.29, 1.82) is 0 Å². The lowest BCUT2D eigenvalue weighted by Gasteiger charge is -2.10. The number of hydrazine groups is 1. The highest BCUT2D eigenvalue weighted by Crippen LogP contribution is 2.23. The minimum Gasteiger partial charge on any atom is -0.361 e. The fourth-order valence-corrected chi connectivity index (χ4v) is 3.50. The maximum Gasteiger partial charge on any atom is 0.238 e. The number of aromatic nitrogens is 2. The standard InChI is InChI=1S/C19H20ClN5O/c20-14-3-4-16-15(8-14)12(11-23-16)5-7-22-19(26)18-9-17(24-25-18)13-2-1-6-21-10-13/h1-4,6,8,10-11,17-18,23-25H,5,7,9H2,(H,22,26). The molecule has 1 saturated heterocycles. The molecule has 1 aromatic carbocycles. The third-order valence-electron chi connectivity index (χ3n) is 4.73. The zero-order chi connectivity index (χ0) is 17.9. The molecule has 0 saturated carbocycles. The smallest absolute Gasteiger partial charge is 0.238 e. The molecule has 2 unspecified atom stereocenters. The van der Waals surface area contributed by atoms with Crippen molar-refractivity contribution < 1.29 is 4.79 Å². The number of fused-ring (bicyclic) bond motifs is 1. The number of hydrogen-bond donors (Lipinski definition) is 4. The van der Waals surface area contributed by atoms with Gasteiger partial charge in [0, 0.05) is 47.1 Å². The average Bonchev–Trinajstić information content (AvgIpc) is 3.30. The molecule has 1 amide bonds. The first-order chi connectivity index (χ1) is 12.7. The molecule has 3 aromatic rings. The van der Waals surface area contributed by atoms with Gasteiger partial charge in [-0.1, -0.05) is 17.7 Å².